The molecule has 0 unspecified atom stereocenters. The third-order valence-corrected chi connectivity index (χ3v) is 7.23. The molecular formula is C21H28ClFN6O4S. The van der Waals surface area contributed by atoms with Gasteiger partial charge in [-0.3, -0.25) is 10.2 Å². The number of benzene rings is 1. The van der Waals surface area contributed by atoms with E-state index >= 15 is 0 Å². The van der Waals surface area contributed by atoms with Gasteiger partial charge in [0, 0.05) is 38.9 Å². The Morgan fingerprint density at radius 1 is 1.24 bits per heavy atom. The first-order valence-corrected chi connectivity index (χ1v) is 12.7. The van der Waals surface area contributed by atoms with Crippen LogP contribution in [0.2, 0.25) is 5.02 Å². The Hall–Kier alpha value is -2.70. The second kappa shape index (κ2) is 10.7. The fourth-order valence-electron chi connectivity index (χ4n) is 3.78. The lowest BCUT2D eigenvalue weighted by Gasteiger charge is -2.29. The van der Waals surface area contributed by atoms with Gasteiger partial charge >= 0.3 is 6.03 Å². The molecule has 2 aromatic rings. The summed E-state index contributed by atoms with van der Waals surface area (Å²) in [4.78, 5) is 31.9. The summed E-state index contributed by atoms with van der Waals surface area (Å²) in [5.74, 6) is -2.26. The van der Waals surface area contributed by atoms with Gasteiger partial charge in [0.15, 0.2) is 5.82 Å². The lowest BCUT2D eigenvalue weighted by molar-refractivity contribution is 0.0941. The van der Waals surface area contributed by atoms with Crippen molar-refractivity contribution in [2.45, 2.75) is 31.7 Å². The highest BCUT2D eigenvalue weighted by molar-refractivity contribution is 7.89. The van der Waals surface area contributed by atoms with Gasteiger partial charge in [0.1, 0.15) is 0 Å². The van der Waals surface area contributed by atoms with Crippen LogP contribution < -0.4 is 15.6 Å². The Balaban J connectivity index is 1.57. The number of nitrogens with zero attached hydrogens (tertiary/aromatic N) is 3. The molecule has 34 heavy (non-hydrogen) atoms. The van der Waals surface area contributed by atoms with Crippen molar-refractivity contribution in [3.8, 4) is 11.3 Å². The predicted molar refractivity (Wildman–Crippen MR) is 126 cm³/mol. The average Bonchev–Trinajstić information content (AvgIpc) is 3.21. The van der Waals surface area contributed by atoms with E-state index in [1.165, 1.54) is 17.0 Å². The van der Waals surface area contributed by atoms with Crippen molar-refractivity contribution in [2.75, 3.05) is 19.8 Å². The summed E-state index contributed by atoms with van der Waals surface area (Å²) >= 11 is 5.94. The zero-order valence-electron chi connectivity index (χ0n) is 19.1. The Morgan fingerprint density at radius 2 is 1.91 bits per heavy atom. The van der Waals surface area contributed by atoms with Crippen LogP contribution >= 0.6 is 11.6 Å². The van der Waals surface area contributed by atoms with E-state index in [2.05, 4.69) is 15.7 Å². The zero-order valence-corrected chi connectivity index (χ0v) is 20.7. The van der Waals surface area contributed by atoms with Crippen LogP contribution in [-0.4, -0.2) is 60.7 Å². The second-order valence-electron chi connectivity index (χ2n) is 8.64. The third kappa shape index (κ3) is 6.67. The van der Waals surface area contributed by atoms with E-state index in [1.54, 1.807) is 38.2 Å². The molecule has 13 heteroatoms. The van der Waals surface area contributed by atoms with Crippen LogP contribution in [0, 0.1) is 11.7 Å². The van der Waals surface area contributed by atoms with Crippen LogP contribution in [0.1, 0.15) is 36.0 Å². The SMILES string of the molecule is CN(C)C(=O)N[C@H]1CC[C@@H](CS(=O)(=O)NNC(=O)c2cc(-c3cn(C)cn3)cc(Cl)c2F)CC1. The number of nitrogens with one attached hydrogen (secondary N) is 3. The number of hydrogen-bond acceptors (Lipinski definition) is 5. The lowest BCUT2D eigenvalue weighted by Crippen LogP contribution is -2.46. The number of imidazole rings is 1. The minimum absolute atomic E-state index is 0.000575. The van der Waals surface area contributed by atoms with Crippen molar-refractivity contribution in [3.63, 3.8) is 0 Å². The Bertz CT molecular complexity index is 1160. The molecule has 3 amide bonds. The van der Waals surface area contributed by atoms with E-state index in [4.69, 9.17) is 11.6 Å². The number of hydrazine groups is 1. The molecule has 1 saturated carbocycles. The summed E-state index contributed by atoms with van der Waals surface area (Å²) in [6.45, 7) is 0. The molecule has 3 N–H and O–H groups in total. The zero-order chi connectivity index (χ0) is 25.0. The molecule has 0 saturated heterocycles. The van der Waals surface area contributed by atoms with Crippen molar-refractivity contribution in [3.05, 3.63) is 41.1 Å². The maximum absolute atomic E-state index is 14.5. The maximum Gasteiger partial charge on any atom is 0.317 e. The van der Waals surface area contributed by atoms with Gasteiger partial charge in [-0.15, -0.1) is 4.83 Å². The van der Waals surface area contributed by atoms with Gasteiger partial charge in [-0.1, -0.05) is 11.6 Å². The first-order chi connectivity index (χ1) is 15.9. The van der Waals surface area contributed by atoms with Crippen LogP contribution in [-0.2, 0) is 17.1 Å². The van der Waals surface area contributed by atoms with Crippen molar-refractivity contribution in [1.29, 1.82) is 0 Å². The Morgan fingerprint density at radius 3 is 2.50 bits per heavy atom. The van der Waals surface area contributed by atoms with Gasteiger partial charge in [-0.05, 0) is 43.7 Å². The van der Waals surface area contributed by atoms with Crippen molar-refractivity contribution >= 4 is 33.6 Å². The van der Waals surface area contributed by atoms with Crippen LogP contribution in [0.3, 0.4) is 0 Å². The predicted octanol–water partition coefficient (Wildman–Crippen LogP) is 2.27. The van der Waals surface area contributed by atoms with E-state index in [-0.39, 0.29) is 28.8 Å². The molecule has 0 radical (unpaired) electrons. The topological polar surface area (TPSA) is 125 Å². The number of aryl methyl sites for hydroxylation is 1. The Kier molecular flexibility index (Phi) is 8.16. The number of carbonyl (C=O) groups excluding carboxylic acids is 2. The molecule has 1 aliphatic carbocycles. The number of halogens is 2. The number of amides is 3. The van der Waals surface area contributed by atoms with E-state index in [1.807, 2.05) is 4.83 Å². The summed E-state index contributed by atoms with van der Waals surface area (Å²) in [5.41, 5.74) is 2.55. The quantitative estimate of drug-likeness (QED) is 0.489. The second-order valence-corrected chi connectivity index (χ2v) is 10.8. The third-order valence-electron chi connectivity index (χ3n) is 5.63. The molecular weight excluding hydrogens is 487 g/mol. The smallest absolute Gasteiger partial charge is 0.317 e. The van der Waals surface area contributed by atoms with Crippen LogP contribution in [0.4, 0.5) is 9.18 Å². The fourth-order valence-corrected chi connectivity index (χ4v) is 5.29. The van der Waals surface area contributed by atoms with Gasteiger partial charge < -0.3 is 14.8 Å². The first-order valence-electron chi connectivity index (χ1n) is 10.7. The number of aromatic nitrogens is 2. The molecule has 1 aliphatic rings. The van der Waals surface area contributed by atoms with Gasteiger partial charge in [-0.2, -0.15) is 0 Å². The molecule has 10 nitrogen and oxygen atoms in total. The highest BCUT2D eigenvalue weighted by Crippen LogP contribution is 2.27. The molecule has 0 aliphatic heterocycles. The molecule has 3 rings (SSSR count). The molecule has 0 spiro atoms. The molecule has 186 valence electrons. The first kappa shape index (κ1) is 25.9. The summed E-state index contributed by atoms with van der Waals surface area (Å²) in [7, 11) is 1.20. The van der Waals surface area contributed by atoms with Crippen molar-refractivity contribution < 1.29 is 22.4 Å². The van der Waals surface area contributed by atoms with Gasteiger partial charge in [0.05, 0.1) is 28.4 Å². The van der Waals surface area contributed by atoms with Crippen molar-refractivity contribution in [1.82, 2.24) is 30.0 Å². The average molecular weight is 515 g/mol. The number of carbonyl (C=O) groups is 2. The molecule has 1 aromatic heterocycles. The van der Waals surface area contributed by atoms with E-state index in [0.717, 1.165) is 0 Å². The molecule has 1 fully saturated rings. The standard InChI is InChI=1S/C21H28ClFN6O4S/c1-28(2)21(31)25-15-6-4-13(5-7-15)11-34(32,33)27-26-20(30)16-8-14(9-17(22)19(16)23)18-10-29(3)12-24-18/h8-10,12-13,15,27H,4-7,11H2,1-3H3,(H,25,31)(H,26,30)/t13-,15+. The molecule has 0 atom stereocenters. The lowest BCUT2D eigenvalue weighted by atomic mass is 9.87. The van der Waals surface area contributed by atoms with Gasteiger partial charge in [0.25, 0.3) is 5.91 Å². The molecule has 1 heterocycles. The summed E-state index contributed by atoms with van der Waals surface area (Å²) < 4.78 is 41.2. The van der Waals surface area contributed by atoms with E-state index < -0.39 is 27.3 Å². The maximum atomic E-state index is 14.5. The summed E-state index contributed by atoms with van der Waals surface area (Å²) in [6.07, 6.45) is 5.78. The van der Waals surface area contributed by atoms with Crippen LogP contribution in [0.5, 0.6) is 0 Å². The van der Waals surface area contributed by atoms with E-state index in [9.17, 15) is 22.4 Å². The number of urea groups is 1. The molecule has 0 bridgehead atoms. The minimum Gasteiger partial charge on any atom is -0.340 e. The fraction of sp³-hybridized carbons (Fsp3) is 0.476. The summed E-state index contributed by atoms with van der Waals surface area (Å²) in [6, 6.07) is 2.43. The van der Waals surface area contributed by atoms with Crippen LogP contribution in [0.15, 0.2) is 24.7 Å². The largest absolute Gasteiger partial charge is 0.340 e. The van der Waals surface area contributed by atoms with E-state index in [0.29, 0.717) is 36.9 Å². The monoisotopic (exact) mass is 514 g/mol. The van der Waals surface area contributed by atoms with Gasteiger partial charge in [-0.25, -0.2) is 22.6 Å². The number of rotatable bonds is 7. The van der Waals surface area contributed by atoms with Crippen LogP contribution in [0.25, 0.3) is 11.3 Å². The highest BCUT2D eigenvalue weighted by Gasteiger charge is 2.27. The van der Waals surface area contributed by atoms with Gasteiger partial charge in [0.2, 0.25) is 10.0 Å². The summed E-state index contributed by atoms with van der Waals surface area (Å²) in [5, 5.41) is 2.62. The number of hydrogen-bond donors (Lipinski definition) is 3. The molecule has 1 aromatic carbocycles. The normalized spacial score (nSPS) is 18.4. The minimum atomic E-state index is -3.87. The Labute approximate surface area is 202 Å². The number of sulfonamides is 1. The highest BCUT2D eigenvalue weighted by atomic mass is 35.5. The van der Waals surface area contributed by atoms with Crippen molar-refractivity contribution in [2.24, 2.45) is 13.0 Å².